The van der Waals surface area contributed by atoms with Crippen molar-refractivity contribution in [3.8, 4) is 0 Å². The predicted molar refractivity (Wildman–Crippen MR) is 339 cm³/mol. The number of halogens is 3. The number of esters is 2. The van der Waals surface area contributed by atoms with Crippen LogP contribution in [0.3, 0.4) is 0 Å². The third-order valence-corrected chi connectivity index (χ3v) is 16.9. The van der Waals surface area contributed by atoms with Crippen LogP contribution in [-0.2, 0) is 130 Å². The van der Waals surface area contributed by atoms with E-state index < -0.39 is 131 Å². The average molecular weight is 1340 g/mol. The Kier molecular flexibility index (Phi) is 25.8. The molecule has 6 aromatic rings. The Morgan fingerprint density at radius 2 is 0.705 bits per heavy atom. The monoisotopic (exact) mass is 1340 g/mol. The van der Waals surface area contributed by atoms with Crippen molar-refractivity contribution in [2.75, 3.05) is 20.3 Å². The molecule has 0 spiro atoms. The average Bonchev–Trinajstić information content (AvgIpc) is 0.784. The Morgan fingerprint density at radius 3 is 1.04 bits per heavy atom. The Labute approximate surface area is 553 Å². The first kappa shape index (κ1) is 72.7. The highest BCUT2D eigenvalue weighted by molar-refractivity contribution is 7.87. The van der Waals surface area contributed by atoms with Crippen molar-refractivity contribution in [3.63, 3.8) is 0 Å². The third-order valence-electron chi connectivity index (χ3n) is 15.9. The van der Waals surface area contributed by atoms with Gasteiger partial charge < -0.3 is 66.3 Å². The van der Waals surface area contributed by atoms with Crippen molar-refractivity contribution in [1.82, 2.24) is 0 Å². The first-order valence-corrected chi connectivity index (χ1v) is 32.9. The molecule has 0 radical (unpaired) electrons. The van der Waals surface area contributed by atoms with Gasteiger partial charge in [-0.1, -0.05) is 182 Å². The molecule has 3 fully saturated rings. The Balaban J connectivity index is 1.20. The van der Waals surface area contributed by atoms with Gasteiger partial charge in [-0.15, -0.1) is 0 Å². The van der Waals surface area contributed by atoms with Crippen LogP contribution in [-0.4, -0.2) is 138 Å². The summed E-state index contributed by atoms with van der Waals surface area (Å²) in [6.07, 6.45) is -22.4. The van der Waals surface area contributed by atoms with Gasteiger partial charge in [0.1, 0.15) is 54.9 Å². The summed E-state index contributed by atoms with van der Waals surface area (Å²) in [6, 6.07) is 56.4. The molecule has 6 aromatic carbocycles. The zero-order valence-corrected chi connectivity index (χ0v) is 55.3. The minimum absolute atomic E-state index is 0.0360. The lowest BCUT2D eigenvalue weighted by Gasteiger charge is -2.51. The molecular formula is C72H85F3O19S. The summed E-state index contributed by atoms with van der Waals surface area (Å²) in [5, 5.41) is 0. The van der Waals surface area contributed by atoms with E-state index >= 15 is 0 Å². The number of carbonyl (C=O) groups is 2. The zero-order valence-electron chi connectivity index (χ0n) is 54.4. The van der Waals surface area contributed by atoms with E-state index in [0.717, 1.165) is 27.8 Å². The molecule has 0 amide bonds. The molecule has 3 aliphatic rings. The Hall–Kier alpha value is -6.52. The lowest BCUT2D eigenvalue weighted by atomic mass is 9.93. The summed E-state index contributed by atoms with van der Waals surface area (Å²) in [5.41, 5.74) is -3.89. The fourth-order valence-corrected chi connectivity index (χ4v) is 11.4. The first-order valence-electron chi connectivity index (χ1n) is 31.5. The molecule has 15 atom stereocenters. The number of ether oxygens (including phenoxy) is 14. The number of rotatable bonds is 29. The van der Waals surface area contributed by atoms with E-state index in [-0.39, 0.29) is 52.9 Å². The standard InChI is InChI=1S/C72H85F3O19S/c1-47-56(94-95(78,79)72(73,74)75)61(92-68(76)70(2,3)4)64(93-69(77)71(5,6)7)67(87-47)91-58-55(46-82-40-49-29-17-10-18-30-49)89-66(63(86-44-53-37-25-14-26-38-53)60(58)84-42-51-33-21-12-22-34-51)90-57-54(45-81-39-48-27-15-9-16-28-48)88-65(80-8)62(85-43-52-35-23-13-24-36-52)59(57)83-41-50-31-19-11-20-32-50/h9-38,47,54-67H,39-46H2,1-8H3/t47-,54-,55-,56+,57-,58-,59+,60+,61+,62-,63-,64-,65-,66+,67+/m1/s1. The minimum Gasteiger partial charge on any atom is -0.455 e. The van der Waals surface area contributed by atoms with Crippen molar-refractivity contribution in [3.05, 3.63) is 215 Å². The second-order valence-corrected chi connectivity index (χ2v) is 27.0. The summed E-state index contributed by atoms with van der Waals surface area (Å²) < 4.78 is 169. The van der Waals surface area contributed by atoms with Crippen LogP contribution in [0, 0.1) is 10.8 Å². The molecule has 0 aromatic heterocycles. The number of carbonyl (C=O) groups excluding carboxylic acids is 2. The van der Waals surface area contributed by atoms with Crippen LogP contribution < -0.4 is 0 Å². The SMILES string of the molecule is CO[C@@H]1O[C@H](COCc2ccccc2)[C@@H](O[C@@H]2O[C@H](COCc3ccccc3)[C@@H](O[C@@H]3O[C@H](C)[C@H](OS(=O)(=O)C(F)(F)F)[C@H](OC(=O)C(C)(C)C)[C@H]3OC(=O)C(C)(C)C)[C@H](OCc3ccccc3)[C@H]2OCc2ccccc2)[C@H](OCc2ccccc2)[C@H]1OCc1ccccc1. The summed E-state index contributed by atoms with van der Waals surface area (Å²) in [7, 11) is -4.94. The number of hydrogen-bond donors (Lipinski definition) is 0. The summed E-state index contributed by atoms with van der Waals surface area (Å²) in [5.74, 6) is -1.99. The second kappa shape index (κ2) is 33.6. The number of methoxy groups -OCH3 is 1. The van der Waals surface area contributed by atoms with E-state index in [1.807, 2.05) is 182 Å². The summed E-state index contributed by atoms with van der Waals surface area (Å²) in [4.78, 5) is 28.4. The number of benzene rings is 6. The van der Waals surface area contributed by atoms with Crippen LogP contribution in [0.2, 0.25) is 0 Å². The first-order chi connectivity index (χ1) is 45.4. The number of alkyl halides is 3. The normalized spacial score (nSPS) is 26.7. The molecule has 514 valence electrons. The van der Waals surface area contributed by atoms with Gasteiger partial charge in [0.25, 0.3) is 0 Å². The van der Waals surface area contributed by atoms with Crippen LogP contribution in [0.5, 0.6) is 0 Å². The van der Waals surface area contributed by atoms with Crippen molar-refractivity contribution in [1.29, 1.82) is 0 Å². The molecule has 0 saturated carbocycles. The Bertz CT molecular complexity index is 3390. The summed E-state index contributed by atoms with van der Waals surface area (Å²) >= 11 is 0. The molecule has 0 aliphatic carbocycles. The van der Waals surface area contributed by atoms with Crippen LogP contribution >= 0.6 is 0 Å². The maximum Gasteiger partial charge on any atom is 0.523 e. The molecule has 0 bridgehead atoms. The van der Waals surface area contributed by atoms with E-state index in [0.29, 0.717) is 5.56 Å². The van der Waals surface area contributed by atoms with Crippen molar-refractivity contribution in [2.24, 2.45) is 10.8 Å². The number of hydrogen-bond acceptors (Lipinski definition) is 19. The second-order valence-electron chi connectivity index (χ2n) is 25.5. The van der Waals surface area contributed by atoms with E-state index in [1.165, 1.54) is 55.6 Å². The topological polar surface area (TPSA) is 207 Å². The van der Waals surface area contributed by atoms with E-state index in [2.05, 4.69) is 0 Å². The van der Waals surface area contributed by atoms with Gasteiger partial charge in [0.2, 0.25) is 0 Å². The van der Waals surface area contributed by atoms with Crippen LogP contribution in [0.4, 0.5) is 13.2 Å². The smallest absolute Gasteiger partial charge is 0.455 e. The fourth-order valence-electron chi connectivity index (χ4n) is 10.8. The Morgan fingerprint density at radius 1 is 0.400 bits per heavy atom. The van der Waals surface area contributed by atoms with Gasteiger partial charge in [0.15, 0.2) is 31.1 Å². The lowest BCUT2D eigenvalue weighted by molar-refractivity contribution is -0.389. The molecule has 0 N–H and O–H groups in total. The van der Waals surface area contributed by atoms with Crippen molar-refractivity contribution in [2.45, 2.75) is 186 Å². The van der Waals surface area contributed by atoms with Crippen LogP contribution in [0.1, 0.15) is 81.8 Å². The van der Waals surface area contributed by atoms with Gasteiger partial charge in [-0.3, -0.25) is 13.8 Å². The van der Waals surface area contributed by atoms with Gasteiger partial charge in [-0.05, 0) is 81.8 Å². The zero-order chi connectivity index (χ0) is 67.8. The molecule has 3 saturated heterocycles. The molecule has 3 heterocycles. The summed E-state index contributed by atoms with van der Waals surface area (Å²) in [6.45, 7) is 9.94. The van der Waals surface area contributed by atoms with Crippen molar-refractivity contribution >= 4 is 22.1 Å². The van der Waals surface area contributed by atoms with Gasteiger partial charge in [0.05, 0.1) is 69.8 Å². The van der Waals surface area contributed by atoms with Crippen molar-refractivity contribution < 1.29 is 102 Å². The quantitative estimate of drug-likeness (QED) is 0.0243. The highest BCUT2D eigenvalue weighted by atomic mass is 32.2. The largest absolute Gasteiger partial charge is 0.523 e. The molecular weight excluding hydrogens is 1260 g/mol. The maximum absolute atomic E-state index is 14.4. The van der Waals surface area contributed by atoms with Gasteiger partial charge >= 0.3 is 27.6 Å². The van der Waals surface area contributed by atoms with E-state index in [4.69, 9.17) is 70.5 Å². The molecule has 23 heteroatoms. The highest BCUT2D eigenvalue weighted by Crippen LogP contribution is 2.41. The lowest BCUT2D eigenvalue weighted by Crippen LogP contribution is -2.68. The minimum atomic E-state index is -6.45. The fraction of sp³-hybridized carbons (Fsp3) is 0.472. The maximum atomic E-state index is 14.4. The van der Waals surface area contributed by atoms with Crippen LogP contribution in [0.25, 0.3) is 0 Å². The van der Waals surface area contributed by atoms with Gasteiger partial charge in [0, 0.05) is 7.11 Å². The third kappa shape index (κ3) is 20.3. The molecule has 3 aliphatic heterocycles. The van der Waals surface area contributed by atoms with Crippen LogP contribution in [0.15, 0.2) is 182 Å². The predicted octanol–water partition coefficient (Wildman–Crippen LogP) is 11.5. The van der Waals surface area contributed by atoms with E-state index in [9.17, 15) is 31.2 Å². The molecule has 95 heavy (non-hydrogen) atoms. The molecule has 19 nitrogen and oxygen atoms in total. The molecule has 0 unspecified atom stereocenters. The van der Waals surface area contributed by atoms with Gasteiger partial charge in [-0.2, -0.15) is 21.6 Å². The van der Waals surface area contributed by atoms with Gasteiger partial charge in [-0.25, -0.2) is 0 Å². The molecule has 9 rings (SSSR count). The highest BCUT2D eigenvalue weighted by Gasteiger charge is 2.60. The van der Waals surface area contributed by atoms with E-state index in [1.54, 1.807) is 0 Å².